The van der Waals surface area contributed by atoms with E-state index in [2.05, 4.69) is 15.4 Å². The number of rotatable bonds is 3. The SMILES string of the molecule is CCCNC(=O)c1cc2cncnn2c1. The molecule has 5 nitrogen and oxygen atoms in total. The van der Waals surface area contributed by atoms with E-state index in [0.717, 1.165) is 11.9 Å². The summed E-state index contributed by atoms with van der Waals surface area (Å²) in [6, 6.07) is 1.77. The molecule has 2 aromatic rings. The van der Waals surface area contributed by atoms with Crippen LogP contribution in [0.15, 0.2) is 24.8 Å². The maximum Gasteiger partial charge on any atom is 0.252 e. The fourth-order valence-electron chi connectivity index (χ4n) is 1.33. The second kappa shape index (κ2) is 4.08. The smallest absolute Gasteiger partial charge is 0.252 e. The van der Waals surface area contributed by atoms with E-state index in [1.165, 1.54) is 6.33 Å². The Morgan fingerprint density at radius 1 is 1.60 bits per heavy atom. The van der Waals surface area contributed by atoms with Crippen molar-refractivity contribution in [3.8, 4) is 0 Å². The number of hydrogen-bond acceptors (Lipinski definition) is 3. The summed E-state index contributed by atoms with van der Waals surface area (Å²) in [6.45, 7) is 2.71. The van der Waals surface area contributed by atoms with Gasteiger partial charge in [0.2, 0.25) is 0 Å². The van der Waals surface area contributed by atoms with Crippen LogP contribution in [-0.2, 0) is 0 Å². The minimum atomic E-state index is -0.0673. The van der Waals surface area contributed by atoms with Crippen LogP contribution in [0.5, 0.6) is 0 Å². The highest BCUT2D eigenvalue weighted by Gasteiger charge is 2.07. The van der Waals surface area contributed by atoms with Gasteiger partial charge >= 0.3 is 0 Å². The summed E-state index contributed by atoms with van der Waals surface area (Å²) in [5, 5.41) is 6.80. The van der Waals surface area contributed by atoms with Gasteiger partial charge in [-0.3, -0.25) is 4.79 Å². The van der Waals surface area contributed by atoms with Crippen molar-refractivity contribution in [2.45, 2.75) is 13.3 Å². The highest BCUT2D eigenvalue weighted by atomic mass is 16.1. The van der Waals surface area contributed by atoms with Crippen molar-refractivity contribution in [3.63, 3.8) is 0 Å². The molecule has 2 heterocycles. The van der Waals surface area contributed by atoms with Gasteiger partial charge in [-0.15, -0.1) is 0 Å². The van der Waals surface area contributed by atoms with Gasteiger partial charge in [-0.2, -0.15) is 5.10 Å². The molecule has 0 spiro atoms. The normalized spacial score (nSPS) is 10.5. The van der Waals surface area contributed by atoms with E-state index >= 15 is 0 Å². The Labute approximate surface area is 87.1 Å². The molecule has 0 fully saturated rings. The van der Waals surface area contributed by atoms with Crippen LogP contribution in [0.2, 0.25) is 0 Å². The lowest BCUT2D eigenvalue weighted by atomic mass is 10.3. The van der Waals surface area contributed by atoms with Crippen LogP contribution in [-0.4, -0.2) is 27.0 Å². The third kappa shape index (κ3) is 1.96. The van der Waals surface area contributed by atoms with E-state index in [1.807, 2.05) is 6.92 Å². The monoisotopic (exact) mass is 204 g/mol. The molecule has 2 aromatic heterocycles. The van der Waals surface area contributed by atoms with Gasteiger partial charge < -0.3 is 5.32 Å². The van der Waals surface area contributed by atoms with E-state index in [4.69, 9.17) is 0 Å². The molecule has 0 aromatic carbocycles. The van der Waals surface area contributed by atoms with Gasteiger partial charge in [-0.25, -0.2) is 9.50 Å². The van der Waals surface area contributed by atoms with Crippen LogP contribution in [0.4, 0.5) is 0 Å². The Hall–Kier alpha value is -1.91. The fraction of sp³-hybridized carbons (Fsp3) is 0.300. The Bertz CT molecular complexity index is 444. The summed E-state index contributed by atoms with van der Waals surface area (Å²) >= 11 is 0. The first-order valence-electron chi connectivity index (χ1n) is 4.88. The highest BCUT2D eigenvalue weighted by Crippen LogP contribution is 2.06. The molecule has 5 heteroatoms. The minimum absolute atomic E-state index is 0.0673. The molecule has 1 amide bonds. The zero-order valence-corrected chi connectivity index (χ0v) is 8.47. The molecule has 0 aliphatic carbocycles. The molecule has 0 radical (unpaired) electrons. The van der Waals surface area contributed by atoms with Crippen LogP contribution in [0.1, 0.15) is 23.7 Å². The summed E-state index contributed by atoms with van der Waals surface area (Å²) < 4.78 is 1.63. The Morgan fingerprint density at radius 2 is 2.47 bits per heavy atom. The second-order valence-corrected chi connectivity index (χ2v) is 3.26. The Morgan fingerprint density at radius 3 is 3.20 bits per heavy atom. The van der Waals surface area contributed by atoms with Gasteiger partial charge in [-0.1, -0.05) is 6.92 Å². The zero-order chi connectivity index (χ0) is 10.7. The molecule has 15 heavy (non-hydrogen) atoms. The highest BCUT2D eigenvalue weighted by molar-refractivity contribution is 5.95. The number of carbonyl (C=O) groups is 1. The number of carbonyl (C=O) groups excluding carboxylic acids is 1. The third-order valence-corrected chi connectivity index (χ3v) is 2.08. The van der Waals surface area contributed by atoms with Crippen LogP contribution in [0.3, 0.4) is 0 Å². The molecule has 0 unspecified atom stereocenters. The van der Waals surface area contributed by atoms with Gasteiger partial charge in [-0.05, 0) is 12.5 Å². The van der Waals surface area contributed by atoms with Crippen molar-refractivity contribution >= 4 is 11.4 Å². The largest absolute Gasteiger partial charge is 0.352 e. The van der Waals surface area contributed by atoms with Gasteiger partial charge in [0.15, 0.2) is 0 Å². The van der Waals surface area contributed by atoms with E-state index in [-0.39, 0.29) is 5.91 Å². The lowest BCUT2D eigenvalue weighted by molar-refractivity contribution is 0.0953. The molecule has 2 rings (SSSR count). The summed E-state index contributed by atoms with van der Waals surface area (Å²) in [6.07, 6.45) is 5.74. The molecule has 1 N–H and O–H groups in total. The van der Waals surface area contributed by atoms with Crippen LogP contribution >= 0.6 is 0 Å². The number of nitrogens with zero attached hydrogens (tertiary/aromatic N) is 3. The van der Waals surface area contributed by atoms with Crippen molar-refractivity contribution in [1.82, 2.24) is 19.9 Å². The van der Waals surface area contributed by atoms with Gasteiger partial charge in [0.1, 0.15) is 6.33 Å². The third-order valence-electron chi connectivity index (χ3n) is 2.08. The lowest BCUT2D eigenvalue weighted by Gasteiger charge is -1.98. The van der Waals surface area contributed by atoms with Gasteiger partial charge in [0, 0.05) is 12.7 Å². The number of nitrogens with one attached hydrogen (secondary N) is 1. The van der Waals surface area contributed by atoms with Gasteiger partial charge in [0.25, 0.3) is 5.91 Å². The van der Waals surface area contributed by atoms with Crippen molar-refractivity contribution in [2.24, 2.45) is 0 Å². The second-order valence-electron chi connectivity index (χ2n) is 3.26. The predicted molar refractivity (Wildman–Crippen MR) is 55.6 cm³/mol. The van der Waals surface area contributed by atoms with Crippen molar-refractivity contribution < 1.29 is 4.79 Å². The average Bonchev–Trinajstić information content (AvgIpc) is 2.69. The number of fused-ring (bicyclic) bond motifs is 1. The Balaban J connectivity index is 2.25. The molecule has 0 aliphatic rings. The van der Waals surface area contributed by atoms with E-state index in [9.17, 15) is 4.79 Å². The molecule has 0 saturated heterocycles. The molecule has 0 atom stereocenters. The summed E-state index contributed by atoms with van der Waals surface area (Å²) in [5.41, 5.74) is 1.43. The maximum atomic E-state index is 11.6. The summed E-state index contributed by atoms with van der Waals surface area (Å²) in [4.78, 5) is 15.5. The first kappa shape index (κ1) is 9.64. The first-order valence-corrected chi connectivity index (χ1v) is 4.88. The predicted octanol–water partition coefficient (Wildman–Crippen LogP) is 0.869. The fourth-order valence-corrected chi connectivity index (χ4v) is 1.33. The molecule has 0 saturated carbocycles. The summed E-state index contributed by atoms with van der Waals surface area (Å²) in [7, 11) is 0. The van der Waals surface area contributed by atoms with Crippen molar-refractivity contribution in [2.75, 3.05) is 6.54 Å². The number of aromatic nitrogens is 3. The van der Waals surface area contributed by atoms with Crippen LogP contribution in [0.25, 0.3) is 5.52 Å². The molecular formula is C10H12N4O. The average molecular weight is 204 g/mol. The topological polar surface area (TPSA) is 59.3 Å². The van der Waals surface area contributed by atoms with Crippen LogP contribution in [0, 0.1) is 0 Å². The van der Waals surface area contributed by atoms with E-state index in [0.29, 0.717) is 12.1 Å². The zero-order valence-electron chi connectivity index (χ0n) is 8.47. The van der Waals surface area contributed by atoms with Crippen LogP contribution < -0.4 is 5.32 Å². The minimum Gasteiger partial charge on any atom is -0.352 e. The molecular weight excluding hydrogens is 192 g/mol. The maximum absolute atomic E-state index is 11.6. The Kier molecular flexibility index (Phi) is 2.62. The van der Waals surface area contributed by atoms with E-state index < -0.39 is 0 Å². The van der Waals surface area contributed by atoms with Gasteiger partial charge in [0.05, 0.1) is 17.3 Å². The van der Waals surface area contributed by atoms with E-state index in [1.54, 1.807) is 23.0 Å². The standard InChI is InChI=1S/C10H12N4O/c1-2-3-12-10(15)8-4-9-5-11-7-13-14(9)6-8/h4-7H,2-3H2,1H3,(H,12,15). The van der Waals surface area contributed by atoms with Crippen molar-refractivity contribution in [3.05, 3.63) is 30.4 Å². The number of amides is 1. The summed E-state index contributed by atoms with van der Waals surface area (Å²) in [5.74, 6) is -0.0673. The molecule has 0 aliphatic heterocycles. The molecule has 0 bridgehead atoms. The first-order chi connectivity index (χ1) is 7.31. The quantitative estimate of drug-likeness (QED) is 0.807. The molecule has 78 valence electrons. The number of hydrogen-bond donors (Lipinski definition) is 1. The lowest BCUT2D eigenvalue weighted by Crippen LogP contribution is -2.23. The van der Waals surface area contributed by atoms with Crippen molar-refractivity contribution in [1.29, 1.82) is 0 Å².